The number of nitrogens with two attached hydrogens (primary N) is 1. The molecule has 1 heterocycles. The summed E-state index contributed by atoms with van der Waals surface area (Å²) < 4.78 is 16.2. The summed E-state index contributed by atoms with van der Waals surface area (Å²) in [4.78, 5) is 0. The van der Waals surface area contributed by atoms with Gasteiger partial charge >= 0.3 is 0 Å². The van der Waals surface area contributed by atoms with E-state index in [2.05, 4.69) is 10.2 Å². The SMILES string of the molecule is COc1ccc(-c2nnc(CCN)o2)c(OC)c1C. The van der Waals surface area contributed by atoms with Crippen molar-refractivity contribution in [2.45, 2.75) is 13.3 Å². The van der Waals surface area contributed by atoms with Crippen LogP contribution in [0.15, 0.2) is 16.5 Å². The van der Waals surface area contributed by atoms with Crippen LogP contribution in [-0.2, 0) is 6.42 Å². The van der Waals surface area contributed by atoms with Gasteiger partial charge in [0.05, 0.1) is 19.8 Å². The maximum atomic E-state index is 5.56. The predicted molar refractivity (Wildman–Crippen MR) is 70.3 cm³/mol. The summed E-state index contributed by atoms with van der Waals surface area (Å²) in [5, 5.41) is 7.96. The van der Waals surface area contributed by atoms with E-state index in [1.807, 2.05) is 19.1 Å². The van der Waals surface area contributed by atoms with Gasteiger partial charge in [-0.05, 0) is 19.1 Å². The van der Waals surface area contributed by atoms with Crippen LogP contribution in [-0.4, -0.2) is 31.0 Å². The summed E-state index contributed by atoms with van der Waals surface area (Å²) in [5.41, 5.74) is 7.09. The first kappa shape index (κ1) is 13.4. The number of benzene rings is 1. The molecular formula is C13H17N3O3. The van der Waals surface area contributed by atoms with E-state index in [1.165, 1.54) is 0 Å². The average molecular weight is 263 g/mol. The first-order valence-electron chi connectivity index (χ1n) is 5.95. The minimum Gasteiger partial charge on any atom is -0.496 e. The molecule has 0 unspecified atom stereocenters. The summed E-state index contributed by atoms with van der Waals surface area (Å²) in [6.45, 7) is 2.39. The summed E-state index contributed by atoms with van der Waals surface area (Å²) in [6, 6.07) is 3.68. The smallest absolute Gasteiger partial charge is 0.251 e. The van der Waals surface area contributed by atoms with E-state index >= 15 is 0 Å². The molecule has 0 bridgehead atoms. The third-order valence-electron chi connectivity index (χ3n) is 2.84. The van der Waals surface area contributed by atoms with Gasteiger partial charge in [-0.25, -0.2) is 0 Å². The fraction of sp³-hybridized carbons (Fsp3) is 0.385. The maximum Gasteiger partial charge on any atom is 0.251 e. The van der Waals surface area contributed by atoms with Crippen LogP contribution in [0, 0.1) is 6.92 Å². The fourth-order valence-electron chi connectivity index (χ4n) is 1.91. The van der Waals surface area contributed by atoms with Gasteiger partial charge in [0.25, 0.3) is 5.89 Å². The Bertz CT molecular complexity index is 566. The summed E-state index contributed by atoms with van der Waals surface area (Å²) in [5.74, 6) is 2.36. The Labute approximate surface area is 111 Å². The summed E-state index contributed by atoms with van der Waals surface area (Å²) in [6.07, 6.45) is 0.560. The third kappa shape index (κ3) is 2.53. The van der Waals surface area contributed by atoms with Crippen LogP contribution in [0.5, 0.6) is 11.5 Å². The number of nitrogens with zero attached hydrogens (tertiary/aromatic N) is 2. The largest absolute Gasteiger partial charge is 0.496 e. The molecule has 1 aromatic heterocycles. The Kier molecular flexibility index (Phi) is 4.01. The number of aromatic nitrogens is 2. The molecule has 6 heteroatoms. The summed E-state index contributed by atoms with van der Waals surface area (Å²) in [7, 11) is 3.22. The zero-order chi connectivity index (χ0) is 13.8. The van der Waals surface area contributed by atoms with Crippen molar-refractivity contribution in [1.29, 1.82) is 0 Å². The van der Waals surface area contributed by atoms with Crippen LogP contribution in [0.25, 0.3) is 11.5 Å². The van der Waals surface area contributed by atoms with Crippen molar-refractivity contribution in [3.63, 3.8) is 0 Å². The molecule has 2 aromatic rings. The van der Waals surface area contributed by atoms with Gasteiger partial charge in [-0.2, -0.15) is 0 Å². The van der Waals surface area contributed by atoms with Gasteiger partial charge in [0.2, 0.25) is 5.89 Å². The van der Waals surface area contributed by atoms with Crippen LogP contribution in [0.3, 0.4) is 0 Å². The summed E-state index contributed by atoms with van der Waals surface area (Å²) >= 11 is 0. The highest BCUT2D eigenvalue weighted by Crippen LogP contribution is 2.37. The van der Waals surface area contributed by atoms with Crippen LogP contribution < -0.4 is 15.2 Å². The molecule has 0 radical (unpaired) electrons. The molecule has 6 nitrogen and oxygen atoms in total. The molecule has 0 aliphatic carbocycles. The molecule has 0 spiro atoms. The lowest BCUT2D eigenvalue weighted by Gasteiger charge is -2.12. The highest BCUT2D eigenvalue weighted by molar-refractivity contribution is 5.67. The van der Waals surface area contributed by atoms with Crippen molar-refractivity contribution in [2.24, 2.45) is 5.73 Å². The van der Waals surface area contributed by atoms with Crippen molar-refractivity contribution in [3.05, 3.63) is 23.6 Å². The molecule has 0 aliphatic rings. The lowest BCUT2D eigenvalue weighted by Crippen LogP contribution is -2.02. The molecule has 2 N–H and O–H groups in total. The van der Waals surface area contributed by atoms with E-state index in [4.69, 9.17) is 19.6 Å². The van der Waals surface area contributed by atoms with Gasteiger partial charge in [-0.1, -0.05) is 0 Å². The molecule has 0 saturated heterocycles. The molecule has 0 amide bonds. The number of rotatable bonds is 5. The highest BCUT2D eigenvalue weighted by Gasteiger charge is 2.17. The molecule has 19 heavy (non-hydrogen) atoms. The van der Waals surface area contributed by atoms with E-state index in [9.17, 15) is 0 Å². The molecule has 0 fully saturated rings. The van der Waals surface area contributed by atoms with Gasteiger partial charge in [-0.3, -0.25) is 0 Å². The predicted octanol–water partition coefficient (Wildman–Crippen LogP) is 1.56. The quantitative estimate of drug-likeness (QED) is 0.881. The van der Waals surface area contributed by atoms with Gasteiger partial charge in [0, 0.05) is 18.5 Å². The lowest BCUT2D eigenvalue weighted by molar-refractivity contribution is 0.388. The lowest BCUT2D eigenvalue weighted by atomic mass is 10.1. The van der Waals surface area contributed by atoms with Crippen molar-refractivity contribution >= 4 is 0 Å². The van der Waals surface area contributed by atoms with E-state index < -0.39 is 0 Å². The Balaban J connectivity index is 2.46. The Morgan fingerprint density at radius 3 is 2.63 bits per heavy atom. The minimum atomic E-state index is 0.422. The first-order valence-corrected chi connectivity index (χ1v) is 5.95. The number of hydrogen-bond acceptors (Lipinski definition) is 6. The van der Waals surface area contributed by atoms with Crippen molar-refractivity contribution < 1.29 is 13.9 Å². The third-order valence-corrected chi connectivity index (χ3v) is 2.84. The first-order chi connectivity index (χ1) is 9.21. The topological polar surface area (TPSA) is 83.4 Å². The van der Waals surface area contributed by atoms with E-state index in [-0.39, 0.29) is 0 Å². The number of ether oxygens (including phenoxy) is 2. The second kappa shape index (κ2) is 5.71. The molecule has 102 valence electrons. The van der Waals surface area contributed by atoms with Gasteiger partial charge in [0.15, 0.2) is 0 Å². The Hall–Kier alpha value is -2.08. The van der Waals surface area contributed by atoms with E-state index in [0.29, 0.717) is 30.5 Å². The van der Waals surface area contributed by atoms with Gasteiger partial charge in [0.1, 0.15) is 11.5 Å². The molecule has 1 aromatic carbocycles. The van der Waals surface area contributed by atoms with Gasteiger partial charge < -0.3 is 19.6 Å². The molecule has 0 atom stereocenters. The molecule has 0 saturated carbocycles. The molecule has 0 aliphatic heterocycles. The fourth-order valence-corrected chi connectivity index (χ4v) is 1.91. The maximum absolute atomic E-state index is 5.56. The van der Waals surface area contributed by atoms with E-state index in [0.717, 1.165) is 16.9 Å². The second-order valence-corrected chi connectivity index (χ2v) is 4.01. The van der Waals surface area contributed by atoms with Crippen LogP contribution in [0.1, 0.15) is 11.5 Å². The average Bonchev–Trinajstić information content (AvgIpc) is 2.87. The van der Waals surface area contributed by atoms with Gasteiger partial charge in [-0.15, -0.1) is 10.2 Å². The molecular weight excluding hydrogens is 246 g/mol. The van der Waals surface area contributed by atoms with Crippen LogP contribution >= 0.6 is 0 Å². The second-order valence-electron chi connectivity index (χ2n) is 4.01. The Morgan fingerprint density at radius 2 is 2.00 bits per heavy atom. The molecule has 2 rings (SSSR count). The zero-order valence-electron chi connectivity index (χ0n) is 11.3. The zero-order valence-corrected chi connectivity index (χ0v) is 11.3. The van der Waals surface area contributed by atoms with Crippen LogP contribution in [0.4, 0.5) is 0 Å². The standard InChI is InChI=1S/C13H17N3O3/c1-8-10(17-2)5-4-9(12(8)18-3)13-16-15-11(19-13)6-7-14/h4-5H,6-7,14H2,1-3H3. The highest BCUT2D eigenvalue weighted by atomic mass is 16.5. The minimum absolute atomic E-state index is 0.422. The van der Waals surface area contributed by atoms with E-state index in [1.54, 1.807) is 14.2 Å². The van der Waals surface area contributed by atoms with Crippen molar-refractivity contribution in [3.8, 4) is 23.0 Å². The van der Waals surface area contributed by atoms with Crippen molar-refractivity contribution in [2.75, 3.05) is 20.8 Å². The Morgan fingerprint density at radius 1 is 1.21 bits per heavy atom. The van der Waals surface area contributed by atoms with Crippen molar-refractivity contribution in [1.82, 2.24) is 10.2 Å². The normalized spacial score (nSPS) is 10.5. The monoisotopic (exact) mass is 263 g/mol. The number of hydrogen-bond donors (Lipinski definition) is 1. The van der Waals surface area contributed by atoms with Crippen LogP contribution in [0.2, 0.25) is 0 Å². The number of methoxy groups -OCH3 is 2.